The minimum Gasteiger partial charge on any atom is -0.504 e. The van der Waals surface area contributed by atoms with Gasteiger partial charge in [-0.3, -0.25) is 9.59 Å². The summed E-state index contributed by atoms with van der Waals surface area (Å²) in [5, 5.41) is 23.4. The summed E-state index contributed by atoms with van der Waals surface area (Å²) in [5.74, 6) is 0.511. The van der Waals surface area contributed by atoms with Gasteiger partial charge >= 0.3 is 5.97 Å². The van der Waals surface area contributed by atoms with Gasteiger partial charge < -0.3 is 25.2 Å². The molecule has 5 rings (SSSR count). The summed E-state index contributed by atoms with van der Waals surface area (Å²) in [6.45, 7) is 4.68. The minimum atomic E-state index is -0.834. The van der Waals surface area contributed by atoms with Gasteiger partial charge in [0.15, 0.2) is 11.5 Å². The monoisotopic (exact) mass is 428 g/mol. The molecule has 2 heterocycles. The van der Waals surface area contributed by atoms with Crippen LogP contribution in [0.15, 0.2) is 6.07 Å². The Hall–Kier alpha value is -2.28. The predicted octanol–water partition coefficient (Wildman–Crippen LogP) is 2.22. The van der Waals surface area contributed by atoms with Gasteiger partial charge in [-0.1, -0.05) is 13.3 Å². The second-order valence-corrected chi connectivity index (χ2v) is 9.95. The second kappa shape index (κ2) is 7.12. The van der Waals surface area contributed by atoms with E-state index < -0.39 is 5.97 Å². The first-order valence-electron chi connectivity index (χ1n) is 11.5. The van der Waals surface area contributed by atoms with Crippen molar-refractivity contribution in [1.82, 2.24) is 10.2 Å². The Bertz CT molecular complexity index is 946. The number of aryl methyl sites for hydroxylation is 1. The third-order valence-electron chi connectivity index (χ3n) is 8.55. The quantitative estimate of drug-likeness (QED) is 0.665. The van der Waals surface area contributed by atoms with Crippen molar-refractivity contribution in [3.05, 3.63) is 22.8 Å². The Labute approximate surface area is 182 Å². The molecule has 168 valence electrons. The molecule has 1 saturated carbocycles. The maximum Gasteiger partial charge on any atom is 0.303 e. The number of aromatic hydroxyl groups is 1. The molecule has 1 amide bonds. The van der Waals surface area contributed by atoms with E-state index in [1.165, 1.54) is 5.56 Å². The summed E-state index contributed by atoms with van der Waals surface area (Å²) in [7, 11) is 2.19. The zero-order chi connectivity index (χ0) is 22.1. The molecule has 3 unspecified atom stereocenters. The summed E-state index contributed by atoms with van der Waals surface area (Å²) in [4.78, 5) is 25.8. The maximum absolute atomic E-state index is 12.1. The van der Waals surface area contributed by atoms with Crippen LogP contribution in [0.2, 0.25) is 0 Å². The molecule has 1 spiro atoms. The average Bonchev–Trinajstić information content (AvgIpc) is 3.06. The first-order chi connectivity index (χ1) is 14.8. The van der Waals surface area contributed by atoms with Crippen LogP contribution in [-0.2, 0) is 27.8 Å². The number of piperidine rings is 1. The number of hydrogen-bond acceptors (Lipinski definition) is 5. The lowest BCUT2D eigenvalue weighted by Crippen LogP contribution is -2.70. The number of carboxylic acids is 1. The highest BCUT2D eigenvalue weighted by molar-refractivity contribution is 5.74. The molecule has 7 heteroatoms. The van der Waals surface area contributed by atoms with Crippen LogP contribution >= 0.6 is 0 Å². The molecule has 0 aromatic heterocycles. The van der Waals surface area contributed by atoms with Crippen molar-refractivity contribution in [2.24, 2.45) is 11.8 Å². The fraction of sp³-hybridized carbons (Fsp3) is 0.667. The minimum absolute atomic E-state index is 0.0405. The number of aliphatic carboxylic acids is 1. The lowest BCUT2D eigenvalue weighted by Gasteiger charge is -2.60. The maximum atomic E-state index is 12.1. The zero-order valence-electron chi connectivity index (χ0n) is 18.5. The number of nitrogens with one attached hydrogen (secondary N) is 1. The number of likely N-dealkylation sites (N-methyl/N-ethyl adjacent to an activating group) is 1. The van der Waals surface area contributed by atoms with Gasteiger partial charge in [0.2, 0.25) is 5.91 Å². The van der Waals surface area contributed by atoms with Crippen molar-refractivity contribution in [3.63, 3.8) is 0 Å². The SMILES string of the molecule is CCC1CC2C3Cc4c(CCC(=O)O)cc(O)c5c4[C@@]2(CCN3C)[C@@H](O5)[C@H]1NC(C)=O. The van der Waals surface area contributed by atoms with E-state index in [1.54, 1.807) is 13.0 Å². The van der Waals surface area contributed by atoms with E-state index in [0.717, 1.165) is 43.4 Å². The van der Waals surface area contributed by atoms with E-state index in [2.05, 4.69) is 24.2 Å². The topological polar surface area (TPSA) is 99.1 Å². The van der Waals surface area contributed by atoms with Crippen molar-refractivity contribution in [1.29, 1.82) is 0 Å². The molecule has 6 atom stereocenters. The fourth-order valence-electron chi connectivity index (χ4n) is 7.29. The van der Waals surface area contributed by atoms with Gasteiger partial charge in [0.25, 0.3) is 0 Å². The van der Waals surface area contributed by atoms with Crippen LogP contribution in [0.25, 0.3) is 0 Å². The molecule has 2 aliphatic carbocycles. The van der Waals surface area contributed by atoms with E-state index in [1.807, 2.05) is 0 Å². The van der Waals surface area contributed by atoms with Crippen molar-refractivity contribution < 1.29 is 24.5 Å². The van der Waals surface area contributed by atoms with Crippen LogP contribution in [0.5, 0.6) is 11.5 Å². The second-order valence-electron chi connectivity index (χ2n) is 9.95. The lowest BCUT2D eigenvalue weighted by atomic mass is 9.49. The summed E-state index contributed by atoms with van der Waals surface area (Å²) < 4.78 is 6.57. The third-order valence-corrected chi connectivity index (χ3v) is 8.55. The Balaban J connectivity index is 1.70. The number of carbonyl (C=O) groups is 2. The van der Waals surface area contributed by atoms with E-state index >= 15 is 0 Å². The molecule has 7 nitrogen and oxygen atoms in total. The number of benzene rings is 1. The molecule has 2 bridgehead atoms. The molecule has 31 heavy (non-hydrogen) atoms. The lowest BCUT2D eigenvalue weighted by molar-refractivity contribution is -0.137. The highest BCUT2D eigenvalue weighted by atomic mass is 16.5. The number of phenols is 1. The van der Waals surface area contributed by atoms with E-state index in [4.69, 9.17) is 4.74 Å². The number of rotatable bonds is 5. The Morgan fingerprint density at radius 2 is 2.16 bits per heavy atom. The summed E-state index contributed by atoms with van der Waals surface area (Å²) in [5.41, 5.74) is 2.96. The number of ether oxygens (including phenoxy) is 1. The predicted molar refractivity (Wildman–Crippen MR) is 114 cm³/mol. The van der Waals surface area contributed by atoms with Crippen molar-refractivity contribution >= 4 is 11.9 Å². The van der Waals surface area contributed by atoms with Crippen LogP contribution in [-0.4, -0.2) is 58.8 Å². The average molecular weight is 429 g/mol. The largest absolute Gasteiger partial charge is 0.504 e. The molecule has 1 aromatic rings. The first kappa shape index (κ1) is 20.6. The number of hydrogen-bond donors (Lipinski definition) is 3. The molecular formula is C24H32N2O5. The van der Waals surface area contributed by atoms with Crippen molar-refractivity contribution in [3.8, 4) is 11.5 Å². The molecule has 0 radical (unpaired) electrons. The number of carboxylic acid groups (broad SMARTS) is 1. The highest BCUT2D eigenvalue weighted by Gasteiger charge is 2.67. The summed E-state index contributed by atoms with van der Waals surface area (Å²) in [6, 6.07) is 1.98. The summed E-state index contributed by atoms with van der Waals surface area (Å²) >= 11 is 0. The van der Waals surface area contributed by atoms with Crippen LogP contribution < -0.4 is 10.1 Å². The van der Waals surface area contributed by atoms with Gasteiger partial charge in [0.05, 0.1) is 6.04 Å². The molecule has 2 aliphatic heterocycles. The van der Waals surface area contributed by atoms with Gasteiger partial charge in [0, 0.05) is 30.4 Å². The van der Waals surface area contributed by atoms with E-state index in [0.29, 0.717) is 30.0 Å². The normalized spacial score (nSPS) is 35.3. The van der Waals surface area contributed by atoms with Crippen LogP contribution in [0.3, 0.4) is 0 Å². The number of carbonyl (C=O) groups excluding carboxylic acids is 1. The van der Waals surface area contributed by atoms with Crippen LogP contribution in [0.4, 0.5) is 0 Å². The Morgan fingerprint density at radius 3 is 2.84 bits per heavy atom. The molecule has 1 aromatic carbocycles. The van der Waals surface area contributed by atoms with Gasteiger partial charge in [-0.05, 0) is 68.3 Å². The molecule has 4 aliphatic rings. The highest BCUT2D eigenvalue weighted by Crippen LogP contribution is 2.65. The fourth-order valence-corrected chi connectivity index (χ4v) is 7.29. The number of phenolic OH excluding ortho intramolecular Hbond substituents is 1. The molecule has 2 fully saturated rings. The van der Waals surface area contributed by atoms with Crippen molar-refractivity contribution in [2.45, 2.75) is 76.0 Å². The van der Waals surface area contributed by atoms with Crippen LogP contribution in [0.1, 0.15) is 56.2 Å². The molecular weight excluding hydrogens is 396 g/mol. The standard InChI is InChI=1S/C24H32N2O5/c1-4-13-9-16-17-11-15-14(5-6-19(29)30)10-18(28)22-20(15)24(16,7-8-26(17)3)23(31-22)21(13)25-12(2)27/h10,13,16-17,21,23,28H,4-9,11H2,1-3H3,(H,25,27)(H,29,30)/t13?,16?,17?,21-,23-,24-/m0/s1. The van der Waals surface area contributed by atoms with Crippen molar-refractivity contribution in [2.75, 3.05) is 13.6 Å². The number of likely N-dealkylation sites (tertiary alicyclic amines) is 1. The molecule has 3 N–H and O–H groups in total. The molecule has 1 saturated heterocycles. The van der Waals surface area contributed by atoms with E-state index in [9.17, 15) is 19.8 Å². The van der Waals surface area contributed by atoms with Gasteiger partial charge in [-0.2, -0.15) is 0 Å². The Kier molecular flexibility index (Phi) is 4.73. The Morgan fingerprint density at radius 1 is 1.39 bits per heavy atom. The zero-order valence-corrected chi connectivity index (χ0v) is 18.5. The third kappa shape index (κ3) is 2.81. The van der Waals surface area contributed by atoms with Gasteiger partial charge in [-0.25, -0.2) is 0 Å². The van der Waals surface area contributed by atoms with E-state index in [-0.39, 0.29) is 35.6 Å². The number of nitrogens with zero attached hydrogens (tertiary/aromatic N) is 1. The first-order valence-corrected chi connectivity index (χ1v) is 11.5. The number of amides is 1. The van der Waals surface area contributed by atoms with Gasteiger partial charge in [-0.15, -0.1) is 0 Å². The smallest absolute Gasteiger partial charge is 0.303 e. The van der Waals surface area contributed by atoms with Crippen LogP contribution in [0, 0.1) is 11.8 Å². The summed E-state index contributed by atoms with van der Waals surface area (Å²) in [6.07, 6.45) is 4.01. The van der Waals surface area contributed by atoms with Gasteiger partial charge in [0.1, 0.15) is 6.10 Å².